The zero-order valence-electron chi connectivity index (χ0n) is 14.6. The van der Waals surface area contributed by atoms with Gasteiger partial charge in [-0.05, 0) is 41.8 Å². The summed E-state index contributed by atoms with van der Waals surface area (Å²) in [5, 5.41) is 0. The highest BCUT2D eigenvalue weighted by Crippen LogP contribution is 2.19. The van der Waals surface area contributed by atoms with Gasteiger partial charge in [-0.1, -0.05) is 24.3 Å². The SMILES string of the molecule is O=C(Cn1cnc(-c2ccc(F)cc2)cc1=O)N1CCc2ccccc2C1. The molecule has 0 N–H and O–H groups in total. The molecule has 0 atom stereocenters. The smallest absolute Gasteiger partial charge is 0.254 e. The van der Waals surface area contributed by atoms with Crippen LogP contribution in [-0.2, 0) is 24.3 Å². The minimum atomic E-state index is -0.346. The van der Waals surface area contributed by atoms with Crippen molar-refractivity contribution >= 4 is 5.91 Å². The summed E-state index contributed by atoms with van der Waals surface area (Å²) in [7, 11) is 0. The molecule has 0 bridgehead atoms. The Balaban J connectivity index is 1.49. The van der Waals surface area contributed by atoms with Crippen molar-refractivity contribution in [1.82, 2.24) is 14.5 Å². The molecule has 136 valence electrons. The lowest BCUT2D eigenvalue weighted by molar-refractivity contribution is -0.132. The van der Waals surface area contributed by atoms with E-state index in [1.165, 1.54) is 34.7 Å². The molecule has 2 heterocycles. The average molecular weight is 363 g/mol. The number of hydrogen-bond acceptors (Lipinski definition) is 3. The van der Waals surface area contributed by atoms with Gasteiger partial charge in [-0.15, -0.1) is 0 Å². The minimum Gasteiger partial charge on any atom is -0.336 e. The first-order chi connectivity index (χ1) is 13.1. The van der Waals surface area contributed by atoms with E-state index in [4.69, 9.17) is 0 Å². The van der Waals surface area contributed by atoms with Gasteiger partial charge in [-0.2, -0.15) is 0 Å². The van der Waals surface area contributed by atoms with Crippen LogP contribution in [0.5, 0.6) is 0 Å². The van der Waals surface area contributed by atoms with E-state index in [9.17, 15) is 14.0 Å². The molecule has 6 heteroatoms. The molecule has 27 heavy (non-hydrogen) atoms. The molecule has 1 aromatic heterocycles. The summed E-state index contributed by atoms with van der Waals surface area (Å²) in [5.41, 5.74) is 3.21. The summed E-state index contributed by atoms with van der Waals surface area (Å²) in [6.07, 6.45) is 2.19. The van der Waals surface area contributed by atoms with Crippen molar-refractivity contribution in [1.29, 1.82) is 0 Å². The zero-order chi connectivity index (χ0) is 18.8. The molecule has 2 aromatic carbocycles. The van der Waals surface area contributed by atoms with Gasteiger partial charge in [0.25, 0.3) is 5.56 Å². The molecule has 4 rings (SSSR count). The van der Waals surface area contributed by atoms with Crippen LogP contribution in [-0.4, -0.2) is 26.9 Å². The van der Waals surface area contributed by atoms with Crippen molar-refractivity contribution in [3.63, 3.8) is 0 Å². The molecule has 1 aliphatic rings. The summed E-state index contributed by atoms with van der Waals surface area (Å²) in [4.78, 5) is 31.0. The van der Waals surface area contributed by atoms with E-state index in [2.05, 4.69) is 11.1 Å². The average Bonchev–Trinajstić information content (AvgIpc) is 2.69. The first-order valence-electron chi connectivity index (χ1n) is 8.77. The summed E-state index contributed by atoms with van der Waals surface area (Å²) in [6, 6.07) is 15.2. The van der Waals surface area contributed by atoms with Crippen LogP contribution in [0.2, 0.25) is 0 Å². The fourth-order valence-electron chi connectivity index (χ4n) is 3.28. The van der Waals surface area contributed by atoms with Crippen LogP contribution >= 0.6 is 0 Å². The van der Waals surface area contributed by atoms with Gasteiger partial charge >= 0.3 is 0 Å². The molecule has 1 aliphatic heterocycles. The van der Waals surface area contributed by atoms with Crippen molar-refractivity contribution in [2.75, 3.05) is 6.54 Å². The van der Waals surface area contributed by atoms with Crippen LogP contribution in [0.1, 0.15) is 11.1 Å². The highest BCUT2D eigenvalue weighted by atomic mass is 19.1. The maximum absolute atomic E-state index is 13.0. The van der Waals surface area contributed by atoms with Gasteiger partial charge in [0.15, 0.2) is 0 Å². The predicted octanol–water partition coefficient (Wildman–Crippen LogP) is 2.63. The summed E-state index contributed by atoms with van der Waals surface area (Å²) in [6.45, 7) is 1.16. The third-order valence-electron chi connectivity index (χ3n) is 4.81. The van der Waals surface area contributed by atoms with Gasteiger partial charge in [0.1, 0.15) is 12.4 Å². The Morgan fingerprint density at radius 2 is 1.81 bits per heavy atom. The Hall–Kier alpha value is -3.28. The largest absolute Gasteiger partial charge is 0.336 e. The van der Waals surface area contributed by atoms with Crippen LogP contribution < -0.4 is 5.56 Å². The number of fused-ring (bicyclic) bond motifs is 1. The maximum Gasteiger partial charge on any atom is 0.254 e. The number of rotatable bonds is 3. The Kier molecular flexibility index (Phi) is 4.54. The number of hydrogen-bond donors (Lipinski definition) is 0. The monoisotopic (exact) mass is 363 g/mol. The molecule has 1 amide bonds. The molecule has 0 saturated carbocycles. The number of aromatic nitrogens is 2. The molecule has 0 saturated heterocycles. The number of benzene rings is 2. The molecule has 0 spiro atoms. The second kappa shape index (κ2) is 7.15. The lowest BCUT2D eigenvalue weighted by Crippen LogP contribution is -2.39. The zero-order valence-corrected chi connectivity index (χ0v) is 14.6. The van der Waals surface area contributed by atoms with Crippen molar-refractivity contribution in [3.05, 3.63) is 88.2 Å². The predicted molar refractivity (Wildman–Crippen MR) is 99.5 cm³/mol. The van der Waals surface area contributed by atoms with Gasteiger partial charge in [-0.25, -0.2) is 9.37 Å². The van der Waals surface area contributed by atoms with Crippen LogP contribution in [0.4, 0.5) is 4.39 Å². The van der Waals surface area contributed by atoms with E-state index in [0.717, 1.165) is 12.0 Å². The highest BCUT2D eigenvalue weighted by molar-refractivity contribution is 5.76. The van der Waals surface area contributed by atoms with Gasteiger partial charge < -0.3 is 4.90 Å². The lowest BCUT2D eigenvalue weighted by Gasteiger charge is -2.29. The van der Waals surface area contributed by atoms with Crippen molar-refractivity contribution in [2.24, 2.45) is 0 Å². The molecule has 5 nitrogen and oxygen atoms in total. The third-order valence-corrected chi connectivity index (χ3v) is 4.81. The Labute approximate surface area is 155 Å². The Morgan fingerprint density at radius 1 is 1.07 bits per heavy atom. The first kappa shape index (κ1) is 17.1. The molecule has 0 fully saturated rings. The van der Waals surface area contributed by atoms with E-state index in [1.54, 1.807) is 17.0 Å². The fraction of sp³-hybridized carbons (Fsp3) is 0.190. The molecular formula is C21H18FN3O2. The number of amides is 1. The highest BCUT2D eigenvalue weighted by Gasteiger charge is 2.20. The maximum atomic E-state index is 13.0. The molecule has 0 unspecified atom stereocenters. The number of nitrogens with zero attached hydrogens (tertiary/aromatic N) is 3. The lowest BCUT2D eigenvalue weighted by atomic mass is 10.00. The second-order valence-corrected chi connectivity index (χ2v) is 6.58. The molecule has 3 aromatic rings. The van der Waals surface area contributed by atoms with Crippen LogP contribution in [0.3, 0.4) is 0 Å². The van der Waals surface area contributed by atoms with Crippen molar-refractivity contribution in [3.8, 4) is 11.3 Å². The van der Waals surface area contributed by atoms with Crippen LogP contribution in [0.15, 0.2) is 65.7 Å². The minimum absolute atomic E-state index is 0.0440. The summed E-state index contributed by atoms with van der Waals surface area (Å²) >= 11 is 0. The molecular weight excluding hydrogens is 345 g/mol. The molecule has 0 radical (unpaired) electrons. The fourth-order valence-corrected chi connectivity index (χ4v) is 3.28. The summed E-state index contributed by atoms with van der Waals surface area (Å²) in [5.74, 6) is -0.455. The van der Waals surface area contributed by atoms with Crippen molar-refractivity contribution < 1.29 is 9.18 Å². The van der Waals surface area contributed by atoms with E-state index in [-0.39, 0.29) is 23.8 Å². The van der Waals surface area contributed by atoms with Gasteiger partial charge in [0, 0.05) is 24.7 Å². The molecule has 0 aliphatic carbocycles. The van der Waals surface area contributed by atoms with Gasteiger partial charge in [0.05, 0.1) is 12.0 Å². The van der Waals surface area contributed by atoms with Gasteiger partial charge in [-0.3, -0.25) is 14.2 Å². The van der Waals surface area contributed by atoms with E-state index < -0.39 is 0 Å². The van der Waals surface area contributed by atoms with Crippen molar-refractivity contribution in [2.45, 2.75) is 19.5 Å². The standard InChI is InChI=1S/C21H18FN3O2/c22-18-7-5-16(6-8-18)19-11-20(26)25(14-23-19)13-21(27)24-10-9-15-3-1-2-4-17(15)12-24/h1-8,11,14H,9-10,12-13H2. The van der Waals surface area contributed by atoms with E-state index in [1.807, 2.05) is 18.2 Å². The number of halogens is 1. The third kappa shape index (κ3) is 3.65. The summed E-state index contributed by atoms with van der Waals surface area (Å²) < 4.78 is 14.3. The first-order valence-corrected chi connectivity index (χ1v) is 8.77. The Morgan fingerprint density at radius 3 is 2.56 bits per heavy atom. The number of carbonyl (C=O) groups is 1. The van der Waals surface area contributed by atoms with Crippen LogP contribution in [0.25, 0.3) is 11.3 Å². The number of carbonyl (C=O) groups excluding carboxylic acids is 1. The van der Waals surface area contributed by atoms with Gasteiger partial charge in [0.2, 0.25) is 5.91 Å². The Bertz CT molecular complexity index is 1040. The topological polar surface area (TPSA) is 55.2 Å². The van der Waals surface area contributed by atoms with E-state index in [0.29, 0.717) is 24.3 Å². The quantitative estimate of drug-likeness (QED) is 0.719. The normalized spacial score (nSPS) is 13.3. The van der Waals surface area contributed by atoms with Crippen LogP contribution in [0, 0.1) is 5.82 Å². The second-order valence-electron chi connectivity index (χ2n) is 6.58. The van der Waals surface area contributed by atoms with E-state index >= 15 is 0 Å².